The van der Waals surface area contributed by atoms with E-state index in [1.807, 2.05) is 0 Å². The molecule has 0 bridgehead atoms. The molecule has 0 aromatic heterocycles. The van der Waals surface area contributed by atoms with Gasteiger partial charge in [0, 0.05) is 12.6 Å². The van der Waals surface area contributed by atoms with Gasteiger partial charge in [-0.3, -0.25) is 0 Å². The third kappa shape index (κ3) is 8.86. The van der Waals surface area contributed by atoms with Gasteiger partial charge < -0.3 is 5.32 Å². The number of rotatable bonds is 12. The lowest BCUT2D eigenvalue weighted by Crippen LogP contribution is -2.39. The third-order valence-corrected chi connectivity index (χ3v) is 5.36. The van der Waals surface area contributed by atoms with E-state index in [4.69, 9.17) is 0 Å². The molecule has 1 aliphatic carbocycles. The number of hydrogen-bond acceptors (Lipinski definition) is 1. The van der Waals surface area contributed by atoms with Gasteiger partial charge in [0.2, 0.25) is 0 Å². The molecule has 0 aliphatic heterocycles. The third-order valence-electron chi connectivity index (χ3n) is 5.36. The number of hydrogen-bond donors (Lipinski definition) is 1. The van der Waals surface area contributed by atoms with Crippen LogP contribution in [0.15, 0.2) is 0 Å². The molecule has 1 saturated carbocycles. The Balaban J connectivity index is 2.14. The van der Waals surface area contributed by atoms with Crippen molar-refractivity contribution in [1.82, 2.24) is 5.32 Å². The first-order valence-electron chi connectivity index (χ1n) is 9.92. The lowest BCUT2D eigenvalue weighted by molar-refractivity contribution is 0.157. The average Bonchev–Trinajstić information content (AvgIpc) is 2.49. The summed E-state index contributed by atoms with van der Waals surface area (Å²) < 4.78 is 0. The molecule has 21 heavy (non-hydrogen) atoms. The Morgan fingerprint density at radius 1 is 0.810 bits per heavy atom. The summed E-state index contributed by atoms with van der Waals surface area (Å²) in [7, 11) is 0. The van der Waals surface area contributed by atoms with Crippen molar-refractivity contribution in [3.63, 3.8) is 0 Å². The van der Waals surface area contributed by atoms with Crippen LogP contribution in [0.25, 0.3) is 0 Å². The summed E-state index contributed by atoms with van der Waals surface area (Å²) in [6.07, 6.45) is 20.4. The van der Waals surface area contributed by atoms with Crippen LogP contribution in [-0.4, -0.2) is 12.6 Å². The number of unbranched alkanes of at least 4 members (excludes halogenated alkanes) is 7. The molecule has 126 valence electrons. The molecule has 0 heterocycles. The molecule has 0 aromatic carbocycles. The molecule has 1 rings (SSSR count). The van der Waals surface area contributed by atoms with E-state index in [9.17, 15) is 0 Å². The molecule has 0 amide bonds. The van der Waals surface area contributed by atoms with E-state index in [0.717, 1.165) is 0 Å². The van der Waals surface area contributed by atoms with Gasteiger partial charge in [0.1, 0.15) is 0 Å². The van der Waals surface area contributed by atoms with Crippen LogP contribution in [0.2, 0.25) is 0 Å². The van der Waals surface area contributed by atoms with Crippen LogP contribution in [0, 0.1) is 5.41 Å². The van der Waals surface area contributed by atoms with E-state index in [1.54, 1.807) is 0 Å². The fraction of sp³-hybridized carbons (Fsp3) is 1.00. The van der Waals surface area contributed by atoms with Crippen LogP contribution in [0.1, 0.15) is 111 Å². The fourth-order valence-corrected chi connectivity index (χ4v) is 3.87. The first kappa shape index (κ1) is 19.0. The summed E-state index contributed by atoms with van der Waals surface area (Å²) in [6.45, 7) is 8.13. The standard InChI is InChI=1S/C20H41N/c1-4-5-6-7-8-9-10-12-15-20(18-21-19(2)3)16-13-11-14-17-20/h19,21H,4-18H2,1-3H3. The zero-order valence-corrected chi connectivity index (χ0v) is 15.2. The quantitative estimate of drug-likeness (QED) is 0.407. The second-order valence-corrected chi connectivity index (χ2v) is 7.82. The van der Waals surface area contributed by atoms with Gasteiger partial charge in [0.25, 0.3) is 0 Å². The normalized spacial score (nSPS) is 18.3. The summed E-state index contributed by atoms with van der Waals surface area (Å²) in [5.74, 6) is 0. The van der Waals surface area contributed by atoms with Crippen molar-refractivity contribution < 1.29 is 0 Å². The van der Waals surface area contributed by atoms with E-state index in [1.165, 1.54) is 96.4 Å². The summed E-state index contributed by atoms with van der Waals surface area (Å²) in [5.41, 5.74) is 0.644. The van der Waals surface area contributed by atoms with E-state index in [0.29, 0.717) is 11.5 Å². The van der Waals surface area contributed by atoms with Crippen molar-refractivity contribution in [1.29, 1.82) is 0 Å². The Hall–Kier alpha value is -0.0400. The van der Waals surface area contributed by atoms with Gasteiger partial charge >= 0.3 is 0 Å². The highest BCUT2D eigenvalue weighted by atomic mass is 14.9. The molecule has 0 atom stereocenters. The maximum atomic E-state index is 3.73. The molecular formula is C20H41N. The second-order valence-electron chi connectivity index (χ2n) is 7.82. The zero-order chi connectivity index (χ0) is 15.4. The molecule has 0 aromatic rings. The molecule has 1 aliphatic rings. The minimum absolute atomic E-state index is 0.641. The molecule has 0 radical (unpaired) electrons. The Labute approximate surface area is 134 Å². The Morgan fingerprint density at radius 2 is 1.38 bits per heavy atom. The van der Waals surface area contributed by atoms with Crippen LogP contribution in [0.4, 0.5) is 0 Å². The molecule has 1 fully saturated rings. The SMILES string of the molecule is CCCCCCCCCCC1(CNC(C)C)CCCCC1. The molecule has 1 heteroatoms. The maximum Gasteiger partial charge on any atom is 0.00106 e. The van der Waals surface area contributed by atoms with Gasteiger partial charge in [0.15, 0.2) is 0 Å². The van der Waals surface area contributed by atoms with Crippen molar-refractivity contribution in [2.45, 2.75) is 117 Å². The van der Waals surface area contributed by atoms with E-state index >= 15 is 0 Å². The van der Waals surface area contributed by atoms with E-state index in [-0.39, 0.29) is 0 Å². The van der Waals surface area contributed by atoms with E-state index < -0.39 is 0 Å². The molecular weight excluding hydrogens is 254 g/mol. The molecule has 0 saturated heterocycles. The van der Waals surface area contributed by atoms with Crippen molar-refractivity contribution in [3.05, 3.63) is 0 Å². The summed E-state index contributed by atoms with van der Waals surface area (Å²) in [5, 5.41) is 3.73. The smallest absolute Gasteiger partial charge is 0.00106 e. The van der Waals surface area contributed by atoms with Crippen LogP contribution in [0.5, 0.6) is 0 Å². The van der Waals surface area contributed by atoms with E-state index in [2.05, 4.69) is 26.1 Å². The minimum atomic E-state index is 0.641. The van der Waals surface area contributed by atoms with Gasteiger partial charge in [-0.2, -0.15) is 0 Å². The summed E-state index contributed by atoms with van der Waals surface area (Å²) in [6, 6.07) is 0.641. The second kappa shape index (κ2) is 11.5. The Bertz CT molecular complexity index is 228. The zero-order valence-electron chi connectivity index (χ0n) is 15.2. The summed E-state index contributed by atoms with van der Waals surface area (Å²) in [4.78, 5) is 0. The maximum absolute atomic E-state index is 3.73. The van der Waals surface area contributed by atoms with Gasteiger partial charge in [-0.1, -0.05) is 91.4 Å². The minimum Gasteiger partial charge on any atom is -0.314 e. The molecule has 0 unspecified atom stereocenters. The fourth-order valence-electron chi connectivity index (χ4n) is 3.87. The van der Waals surface area contributed by atoms with Crippen LogP contribution >= 0.6 is 0 Å². The van der Waals surface area contributed by atoms with Crippen molar-refractivity contribution in [2.24, 2.45) is 5.41 Å². The highest BCUT2D eigenvalue weighted by Crippen LogP contribution is 2.40. The summed E-state index contributed by atoms with van der Waals surface area (Å²) >= 11 is 0. The van der Waals surface area contributed by atoms with Gasteiger partial charge in [-0.15, -0.1) is 0 Å². The highest BCUT2D eigenvalue weighted by molar-refractivity contribution is 4.85. The van der Waals surface area contributed by atoms with Crippen molar-refractivity contribution in [3.8, 4) is 0 Å². The van der Waals surface area contributed by atoms with Gasteiger partial charge in [-0.25, -0.2) is 0 Å². The molecule has 1 nitrogen and oxygen atoms in total. The first-order valence-corrected chi connectivity index (χ1v) is 9.92. The first-order chi connectivity index (χ1) is 10.2. The largest absolute Gasteiger partial charge is 0.314 e. The highest BCUT2D eigenvalue weighted by Gasteiger charge is 2.31. The Morgan fingerprint density at radius 3 is 1.95 bits per heavy atom. The Kier molecular flexibility index (Phi) is 10.4. The number of nitrogens with one attached hydrogen (secondary N) is 1. The average molecular weight is 296 g/mol. The lowest BCUT2D eigenvalue weighted by Gasteiger charge is -2.38. The topological polar surface area (TPSA) is 12.0 Å². The van der Waals surface area contributed by atoms with Gasteiger partial charge in [-0.05, 0) is 24.7 Å². The van der Waals surface area contributed by atoms with Crippen molar-refractivity contribution >= 4 is 0 Å². The predicted molar refractivity (Wildman–Crippen MR) is 95.9 cm³/mol. The molecule has 1 N–H and O–H groups in total. The van der Waals surface area contributed by atoms with Gasteiger partial charge in [0.05, 0.1) is 0 Å². The predicted octanol–water partition coefficient (Wildman–Crippen LogP) is 6.47. The molecule has 0 spiro atoms. The lowest BCUT2D eigenvalue weighted by atomic mass is 9.70. The van der Waals surface area contributed by atoms with Crippen molar-refractivity contribution in [2.75, 3.05) is 6.54 Å². The van der Waals surface area contributed by atoms with Crippen LogP contribution in [-0.2, 0) is 0 Å². The van der Waals surface area contributed by atoms with Crippen LogP contribution in [0.3, 0.4) is 0 Å². The van der Waals surface area contributed by atoms with Crippen LogP contribution < -0.4 is 5.32 Å². The monoisotopic (exact) mass is 295 g/mol.